The van der Waals surface area contributed by atoms with Crippen molar-refractivity contribution in [2.24, 2.45) is 0 Å². The number of hydrogen-bond donors (Lipinski definition) is 3. The number of nitrogens with zero attached hydrogens (tertiary/aromatic N) is 1. The Hall–Kier alpha value is -2.72. The molecule has 0 aliphatic heterocycles. The molecule has 0 saturated heterocycles. The van der Waals surface area contributed by atoms with E-state index in [-0.39, 0.29) is 12.0 Å². The van der Waals surface area contributed by atoms with Gasteiger partial charge in [-0.15, -0.1) is 0 Å². The molecular weight excluding hydrogens is 358 g/mol. The fourth-order valence-corrected chi connectivity index (χ4v) is 2.27. The second kappa shape index (κ2) is 11.0. The zero-order chi connectivity index (χ0) is 19.5. The minimum atomic E-state index is -0.831. The molecule has 1 aromatic carbocycles. The largest absolute Gasteiger partial charge is 0.495 e. The summed E-state index contributed by atoms with van der Waals surface area (Å²) in [6.45, 7) is 2.21. The lowest BCUT2D eigenvalue weighted by atomic mass is 10.2. The summed E-state index contributed by atoms with van der Waals surface area (Å²) in [6, 6.07) is 5.25. The molecule has 0 radical (unpaired) electrons. The van der Waals surface area contributed by atoms with Gasteiger partial charge in [0.05, 0.1) is 12.8 Å². The molecule has 0 aromatic heterocycles. The van der Waals surface area contributed by atoms with Gasteiger partial charge in [0.1, 0.15) is 17.4 Å². The molecule has 3 N–H and O–H groups in total. The van der Waals surface area contributed by atoms with Gasteiger partial charge in [0.15, 0.2) is 0 Å². The summed E-state index contributed by atoms with van der Waals surface area (Å²) in [5.74, 6) is -0.835. The van der Waals surface area contributed by atoms with E-state index >= 15 is 0 Å². The second-order valence-electron chi connectivity index (χ2n) is 5.58. The van der Waals surface area contributed by atoms with Crippen LogP contribution in [-0.2, 0) is 9.59 Å². The van der Waals surface area contributed by atoms with Crippen molar-refractivity contribution in [1.29, 1.82) is 5.26 Å². The topological polar surface area (TPSA) is 111 Å². The Balaban J connectivity index is 2.60. The van der Waals surface area contributed by atoms with Crippen LogP contribution in [0, 0.1) is 18.3 Å². The highest BCUT2D eigenvalue weighted by Gasteiger charge is 2.10. The van der Waals surface area contributed by atoms with E-state index < -0.39 is 11.9 Å². The molecule has 8 heteroatoms. The number of ether oxygens (including phenoxy) is 1. The number of carboxylic acid groups (broad SMARTS) is 1. The zero-order valence-electron chi connectivity index (χ0n) is 14.8. The molecule has 1 amide bonds. The van der Waals surface area contributed by atoms with Crippen LogP contribution in [0.2, 0.25) is 5.02 Å². The summed E-state index contributed by atoms with van der Waals surface area (Å²) >= 11 is 6.04. The molecule has 7 nitrogen and oxygen atoms in total. The van der Waals surface area contributed by atoms with Crippen molar-refractivity contribution < 1.29 is 19.4 Å². The number of rotatable bonds is 10. The van der Waals surface area contributed by atoms with Gasteiger partial charge in [-0.1, -0.05) is 18.0 Å². The molecule has 0 fully saturated rings. The second-order valence-corrected chi connectivity index (χ2v) is 5.98. The molecule has 1 aromatic rings. The first-order chi connectivity index (χ1) is 12.4. The minimum Gasteiger partial charge on any atom is -0.495 e. The maximum absolute atomic E-state index is 12.0. The summed E-state index contributed by atoms with van der Waals surface area (Å²) < 4.78 is 5.23. The SMILES string of the molecule is COc1cc(Cl)c(C)cc1N/C=C(/C#N)C(=O)NCCCCCC(=O)O. The monoisotopic (exact) mass is 379 g/mol. The molecular formula is C18H22ClN3O4. The Kier molecular flexibility index (Phi) is 9.02. The lowest BCUT2D eigenvalue weighted by Crippen LogP contribution is -2.26. The quantitative estimate of drug-likeness (QED) is 0.327. The number of anilines is 1. The number of carbonyl (C=O) groups excluding carboxylic acids is 1. The van der Waals surface area contributed by atoms with Crippen molar-refractivity contribution in [1.82, 2.24) is 5.32 Å². The van der Waals surface area contributed by atoms with Crippen LogP contribution in [0.25, 0.3) is 0 Å². The smallest absolute Gasteiger partial charge is 0.303 e. The van der Waals surface area contributed by atoms with Crippen molar-refractivity contribution in [3.63, 3.8) is 0 Å². The molecule has 0 heterocycles. The number of unbranched alkanes of at least 4 members (excludes halogenated alkanes) is 2. The number of benzene rings is 1. The molecule has 0 spiro atoms. The summed E-state index contributed by atoms with van der Waals surface area (Å²) in [5.41, 5.74) is 1.33. The van der Waals surface area contributed by atoms with Gasteiger partial charge >= 0.3 is 5.97 Å². The Labute approximate surface area is 157 Å². The predicted molar refractivity (Wildman–Crippen MR) is 99.2 cm³/mol. The van der Waals surface area contributed by atoms with E-state index in [1.807, 2.05) is 13.0 Å². The standard InChI is InChI=1S/C18H22ClN3O4/c1-12-8-15(16(26-2)9-14(12)19)22-11-13(10-20)18(25)21-7-5-3-4-6-17(23)24/h8-9,11,22H,3-7H2,1-2H3,(H,21,25)(H,23,24)/b13-11-. The number of aliphatic carboxylic acids is 1. The minimum absolute atomic E-state index is 0.0785. The van der Waals surface area contributed by atoms with E-state index in [9.17, 15) is 9.59 Å². The number of carbonyl (C=O) groups is 2. The van der Waals surface area contributed by atoms with Crippen LogP contribution in [0.4, 0.5) is 5.69 Å². The number of carboxylic acids is 1. The fourth-order valence-electron chi connectivity index (χ4n) is 2.12. The number of amides is 1. The number of aryl methyl sites for hydroxylation is 1. The third-order valence-corrected chi connectivity index (χ3v) is 3.98. The zero-order valence-corrected chi connectivity index (χ0v) is 15.5. The maximum atomic E-state index is 12.0. The molecule has 0 saturated carbocycles. The van der Waals surface area contributed by atoms with Gasteiger partial charge < -0.3 is 20.5 Å². The van der Waals surface area contributed by atoms with E-state index in [0.717, 1.165) is 5.56 Å². The molecule has 1 rings (SSSR count). The highest BCUT2D eigenvalue weighted by molar-refractivity contribution is 6.31. The molecule has 0 aliphatic carbocycles. The Morgan fingerprint density at radius 1 is 1.35 bits per heavy atom. The van der Waals surface area contributed by atoms with E-state index in [1.165, 1.54) is 13.3 Å². The average Bonchev–Trinajstić information content (AvgIpc) is 2.60. The van der Waals surface area contributed by atoms with Crippen molar-refractivity contribution in [3.05, 3.63) is 34.5 Å². The van der Waals surface area contributed by atoms with E-state index in [4.69, 9.17) is 26.7 Å². The van der Waals surface area contributed by atoms with Gasteiger partial charge in [0.2, 0.25) is 0 Å². The number of nitriles is 1. The molecule has 0 unspecified atom stereocenters. The third-order valence-electron chi connectivity index (χ3n) is 3.57. The molecule has 0 aliphatic rings. The predicted octanol–water partition coefficient (Wildman–Crippen LogP) is 3.24. The van der Waals surface area contributed by atoms with Gasteiger partial charge in [-0.2, -0.15) is 5.26 Å². The summed E-state index contributed by atoms with van der Waals surface area (Å²) in [4.78, 5) is 22.4. The van der Waals surface area contributed by atoms with Gasteiger partial charge in [-0.25, -0.2) is 0 Å². The molecule has 0 bridgehead atoms. The lowest BCUT2D eigenvalue weighted by molar-refractivity contribution is -0.137. The van der Waals surface area contributed by atoms with E-state index in [1.54, 1.807) is 12.1 Å². The van der Waals surface area contributed by atoms with Crippen molar-refractivity contribution >= 4 is 29.2 Å². The van der Waals surface area contributed by atoms with Crippen LogP contribution in [-0.4, -0.2) is 30.6 Å². The third kappa shape index (κ3) is 7.03. The van der Waals surface area contributed by atoms with E-state index in [2.05, 4.69) is 10.6 Å². The van der Waals surface area contributed by atoms with Crippen LogP contribution < -0.4 is 15.4 Å². The normalized spacial score (nSPS) is 10.8. The van der Waals surface area contributed by atoms with Gasteiger partial charge in [-0.05, 0) is 31.4 Å². The number of nitrogens with one attached hydrogen (secondary N) is 2. The van der Waals surface area contributed by atoms with Crippen LogP contribution in [0.5, 0.6) is 5.75 Å². The average molecular weight is 380 g/mol. The van der Waals surface area contributed by atoms with Crippen LogP contribution in [0.3, 0.4) is 0 Å². The number of hydrogen-bond acceptors (Lipinski definition) is 5. The van der Waals surface area contributed by atoms with Gasteiger partial charge in [-0.3, -0.25) is 9.59 Å². The van der Waals surface area contributed by atoms with Crippen molar-refractivity contribution in [3.8, 4) is 11.8 Å². The highest BCUT2D eigenvalue weighted by atomic mass is 35.5. The van der Waals surface area contributed by atoms with Gasteiger partial charge in [0, 0.05) is 30.3 Å². The summed E-state index contributed by atoms with van der Waals surface area (Å²) in [7, 11) is 1.50. The molecule has 140 valence electrons. The Morgan fingerprint density at radius 3 is 2.69 bits per heavy atom. The van der Waals surface area contributed by atoms with E-state index in [0.29, 0.717) is 42.3 Å². The molecule has 0 atom stereocenters. The van der Waals surface area contributed by atoms with Crippen LogP contribution in [0.15, 0.2) is 23.9 Å². The maximum Gasteiger partial charge on any atom is 0.303 e. The Morgan fingerprint density at radius 2 is 2.08 bits per heavy atom. The molecule has 26 heavy (non-hydrogen) atoms. The van der Waals surface area contributed by atoms with Crippen LogP contribution in [0.1, 0.15) is 31.2 Å². The summed E-state index contributed by atoms with van der Waals surface area (Å²) in [6.07, 6.45) is 3.32. The summed E-state index contributed by atoms with van der Waals surface area (Å²) in [5, 5.41) is 23.8. The highest BCUT2D eigenvalue weighted by Crippen LogP contribution is 2.31. The first-order valence-electron chi connectivity index (χ1n) is 8.10. The first kappa shape index (κ1) is 21.3. The van der Waals surface area contributed by atoms with Crippen molar-refractivity contribution in [2.45, 2.75) is 32.6 Å². The van der Waals surface area contributed by atoms with Crippen LogP contribution >= 0.6 is 11.6 Å². The first-order valence-corrected chi connectivity index (χ1v) is 8.47. The lowest BCUT2D eigenvalue weighted by Gasteiger charge is -2.11. The van der Waals surface area contributed by atoms with Crippen molar-refractivity contribution in [2.75, 3.05) is 19.0 Å². The fraction of sp³-hybridized carbons (Fsp3) is 0.389. The number of methoxy groups -OCH3 is 1. The number of halogens is 1. The van der Waals surface area contributed by atoms with Gasteiger partial charge in [0.25, 0.3) is 5.91 Å². The Bertz CT molecular complexity index is 726.